The van der Waals surface area contributed by atoms with Crippen LogP contribution >= 0.6 is 23.2 Å². The smallest absolute Gasteiger partial charge is 0.410 e. The highest BCUT2D eigenvalue weighted by Crippen LogP contribution is 2.38. The van der Waals surface area contributed by atoms with Gasteiger partial charge in [-0.1, -0.05) is 42.8 Å². The highest BCUT2D eigenvalue weighted by molar-refractivity contribution is 6.76. The van der Waals surface area contributed by atoms with E-state index in [-0.39, 0.29) is 24.6 Å². The van der Waals surface area contributed by atoms with E-state index in [9.17, 15) is 9.59 Å². The van der Waals surface area contributed by atoms with Gasteiger partial charge in [0.1, 0.15) is 11.4 Å². The monoisotopic (exact) mass is 531 g/mol. The van der Waals surface area contributed by atoms with Crippen molar-refractivity contribution in [2.75, 3.05) is 19.9 Å². The van der Waals surface area contributed by atoms with Crippen molar-refractivity contribution in [3.63, 3.8) is 0 Å². The average molecular weight is 533 g/mol. The van der Waals surface area contributed by atoms with Gasteiger partial charge >= 0.3 is 6.09 Å². The first-order chi connectivity index (χ1) is 15.5. The number of carbonyl (C=O) groups excluding carboxylic acids is 2. The van der Waals surface area contributed by atoms with Gasteiger partial charge in [0.15, 0.2) is 12.6 Å². The maximum atomic E-state index is 13.5. The topological polar surface area (TPSA) is 65.1 Å². The predicted octanol–water partition coefficient (Wildman–Crippen LogP) is 7.29. The molecule has 1 aliphatic heterocycles. The molecule has 1 saturated heterocycles. The molecule has 1 fully saturated rings. The molecule has 1 aromatic carbocycles. The molecule has 1 heterocycles. The Morgan fingerprint density at radius 3 is 2.32 bits per heavy atom. The Labute approximate surface area is 215 Å². The molecular formula is C25H39Cl2NO5Si. The number of amides is 1. The summed E-state index contributed by atoms with van der Waals surface area (Å²) in [4.78, 5) is 28.0. The van der Waals surface area contributed by atoms with Gasteiger partial charge in [0, 0.05) is 38.7 Å². The number of likely N-dealkylation sites (tertiary alicyclic amines) is 1. The summed E-state index contributed by atoms with van der Waals surface area (Å²) in [5.41, 5.74) is -0.740. The molecule has 0 radical (unpaired) electrons. The van der Waals surface area contributed by atoms with Crippen LogP contribution in [0.15, 0.2) is 12.1 Å². The van der Waals surface area contributed by atoms with Crippen molar-refractivity contribution in [3.05, 3.63) is 27.7 Å². The van der Waals surface area contributed by atoms with Crippen molar-refractivity contribution in [2.45, 2.75) is 84.3 Å². The Morgan fingerprint density at radius 1 is 1.15 bits per heavy atom. The van der Waals surface area contributed by atoms with Crippen LogP contribution in [0.4, 0.5) is 4.79 Å². The van der Waals surface area contributed by atoms with Crippen molar-refractivity contribution < 1.29 is 23.8 Å². The third-order valence-corrected chi connectivity index (χ3v) is 8.17. The molecular weight excluding hydrogens is 493 g/mol. The number of carbonyl (C=O) groups is 2. The Hall–Kier alpha value is -1.28. The molecule has 1 aliphatic rings. The maximum Gasteiger partial charge on any atom is 0.410 e. The quantitative estimate of drug-likeness (QED) is 0.152. The van der Waals surface area contributed by atoms with Crippen LogP contribution in [-0.4, -0.2) is 55.9 Å². The van der Waals surface area contributed by atoms with Gasteiger partial charge in [-0.25, -0.2) is 4.79 Å². The van der Waals surface area contributed by atoms with Crippen LogP contribution in [0.2, 0.25) is 35.7 Å². The van der Waals surface area contributed by atoms with Crippen molar-refractivity contribution in [1.82, 2.24) is 4.90 Å². The molecule has 0 spiro atoms. The molecule has 1 aromatic rings. The summed E-state index contributed by atoms with van der Waals surface area (Å²) >= 11 is 12.5. The van der Waals surface area contributed by atoms with Crippen molar-refractivity contribution >= 4 is 43.2 Å². The van der Waals surface area contributed by atoms with Crippen LogP contribution in [-0.2, 0) is 9.47 Å². The van der Waals surface area contributed by atoms with Crippen LogP contribution in [0.3, 0.4) is 0 Å². The van der Waals surface area contributed by atoms with Gasteiger partial charge in [0.25, 0.3) is 0 Å². The SMILES string of the molecule is CC(C)(C)OC(=O)N1CCC(C(=O)c2cc(Cl)c(Cl)cc2OCOCC[Si](C)(C)C)CC1(C)C. The third-order valence-electron chi connectivity index (χ3n) is 5.74. The van der Waals surface area contributed by atoms with Crippen LogP contribution in [0.5, 0.6) is 5.75 Å². The van der Waals surface area contributed by atoms with E-state index >= 15 is 0 Å². The fraction of sp³-hybridized carbons (Fsp3) is 0.680. The zero-order chi connectivity index (χ0) is 25.9. The van der Waals surface area contributed by atoms with Gasteiger partial charge in [-0.05, 0) is 59.6 Å². The Kier molecular flexibility index (Phi) is 9.53. The van der Waals surface area contributed by atoms with Crippen LogP contribution in [0.25, 0.3) is 0 Å². The molecule has 1 unspecified atom stereocenters. The van der Waals surface area contributed by atoms with E-state index in [4.69, 9.17) is 37.4 Å². The Bertz CT molecular complexity index is 893. The first kappa shape index (κ1) is 29.0. The summed E-state index contributed by atoms with van der Waals surface area (Å²) in [5, 5.41) is 0.609. The Balaban J connectivity index is 2.13. The number of piperidine rings is 1. The van der Waals surface area contributed by atoms with E-state index in [0.717, 1.165) is 6.04 Å². The maximum absolute atomic E-state index is 13.5. The average Bonchev–Trinajstić information content (AvgIpc) is 2.66. The minimum atomic E-state index is -1.21. The minimum Gasteiger partial charge on any atom is -0.467 e. The lowest BCUT2D eigenvalue weighted by atomic mass is 9.79. The summed E-state index contributed by atoms with van der Waals surface area (Å²) in [6.45, 7) is 17.3. The van der Waals surface area contributed by atoms with Crippen LogP contribution < -0.4 is 4.74 Å². The molecule has 34 heavy (non-hydrogen) atoms. The number of benzene rings is 1. The lowest BCUT2D eigenvalue weighted by molar-refractivity contribution is -0.0136. The zero-order valence-corrected chi connectivity index (χ0v) is 24.2. The second-order valence-electron chi connectivity index (χ2n) is 11.7. The van der Waals surface area contributed by atoms with Crippen LogP contribution in [0.1, 0.15) is 57.8 Å². The molecule has 0 aliphatic carbocycles. The third kappa shape index (κ3) is 8.43. The molecule has 192 valence electrons. The normalized spacial score (nSPS) is 18.5. The molecule has 6 nitrogen and oxygen atoms in total. The molecule has 9 heteroatoms. The molecule has 2 rings (SSSR count). The summed E-state index contributed by atoms with van der Waals surface area (Å²) in [5.74, 6) is -0.00607. The largest absolute Gasteiger partial charge is 0.467 e. The number of rotatable bonds is 8. The van der Waals surface area contributed by atoms with E-state index in [1.54, 1.807) is 17.0 Å². The summed E-state index contributed by atoms with van der Waals surface area (Å²) < 4.78 is 17.0. The number of hydrogen-bond donors (Lipinski definition) is 0. The molecule has 0 bridgehead atoms. The molecule has 0 saturated carbocycles. The highest BCUT2D eigenvalue weighted by Gasteiger charge is 2.42. The number of ether oxygens (including phenoxy) is 3. The first-order valence-electron chi connectivity index (χ1n) is 11.7. The number of nitrogens with zero attached hydrogens (tertiary/aromatic N) is 1. The predicted molar refractivity (Wildman–Crippen MR) is 140 cm³/mol. The standard InChI is InChI=1S/C25H39Cl2NO5Si/c1-24(2,3)33-23(30)28-10-9-17(15-25(28,4)5)22(29)18-13-19(26)20(27)14-21(18)32-16-31-11-12-34(6,7)8/h13-14,17H,9-12,15-16H2,1-8H3. The van der Waals surface area contributed by atoms with Gasteiger partial charge < -0.3 is 19.1 Å². The lowest BCUT2D eigenvalue weighted by Crippen LogP contribution is -2.55. The molecule has 1 atom stereocenters. The van der Waals surface area contributed by atoms with Gasteiger partial charge in [0.05, 0.1) is 15.6 Å². The highest BCUT2D eigenvalue weighted by atomic mass is 35.5. The van der Waals surface area contributed by atoms with E-state index in [2.05, 4.69) is 19.6 Å². The number of ketones is 1. The van der Waals surface area contributed by atoms with Gasteiger partial charge in [0.2, 0.25) is 0 Å². The van der Waals surface area contributed by atoms with E-state index in [0.29, 0.717) is 47.4 Å². The number of hydrogen-bond acceptors (Lipinski definition) is 5. The number of halogens is 2. The van der Waals surface area contributed by atoms with Crippen molar-refractivity contribution in [3.8, 4) is 5.75 Å². The summed E-state index contributed by atoms with van der Waals surface area (Å²) in [6.07, 6.45) is 0.656. The van der Waals surface area contributed by atoms with Gasteiger partial charge in [-0.2, -0.15) is 0 Å². The van der Waals surface area contributed by atoms with Gasteiger partial charge in [-0.3, -0.25) is 4.79 Å². The fourth-order valence-electron chi connectivity index (χ4n) is 3.88. The minimum absolute atomic E-state index is 0.0330. The summed E-state index contributed by atoms with van der Waals surface area (Å²) in [7, 11) is -1.21. The van der Waals surface area contributed by atoms with E-state index in [1.165, 1.54) is 0 Å². The Morgan fingerprint density at radius 2 is 1.76 bits per heavy atom. The summed E-state index contributed by atoms with van der Waals surface area (Å²) in [6, 6.07) is 4.16. The molecule has 0 N–H and O–H groups in total. The van der Waals surface area contributed by atoms with Gasteiger partial charge in [-0.15, -0.1) is 0 Å². The van der Waals surface area contributed by atoms with Crippen molar-refractivity contribution in [2.24, 2.45) is 5.92 Å². The second-order valence-corrected chi connectivity index (χ2v) is 18.2. The van der Waals surface area contributed by atoms with Crippen LogP contribution in [0, 0.1) is 5.92 Å². The molecule has 1 amide bonds. The zero-order valence-electron chi connectivity index (χ0n) is 21.7. The lowest BCUT2D eigenvalue weighted by Gasteiger charge is -2.45. The van der Waals surface area contributed by atoms with E-state index in [1.807, 2.05) is 34.6 Å². The van der Waals surface area contributed by atoms with E-state index < -0.39 is 19.2 Å². The fourth-order valence-corrected chi connectivity index (χ4v) is 4.96. The second kappa shape index (κ2) is 11.2. The molecule has 0 aromatic heterocycles. The number of Topliss-reactive ketones (excluding diaryl/α,β-unsaturated/α-hetero) is 1. The first-order valence-corrected chi connectivity index (χ1v) is 16.2. The van der Waals surface area contributed by atoms with Crippen molar-refractivity contribution in [1.29, 1.82) is 0 Å².